The van der Waals surface area contributed by atoms with E-state index in [0.717, 1.165) is 12.1 Å². The van der Waals surface area contributed by atoms with E-state index in [-0.39, 0.29) is 5.92 Å². The molecule has 27 heavy (non-hydrogen) atoms. The van der Waals surface area contributed by atoms with Gasteiger partial charge in [0.15, 0.2) is 0 Å². The maximum atomic E-state index is 13.6. The first-order valence-corrected chi connectivity index (χ1v) is 8.21. The Morgan fingerprint density at radius 1 is 0.926 bits per heavy atom. The van der Waals surface area contributed by atoms with E-state index in [0.29, 0.717) is 24.1 Å². The monoisotopic (exact) mass is 400 g/mol. The van der Waals surface area contributed by atoms with Crippen molar-refractivity contribution in [1.29, 1.82) is 0 Å². The molecule has 0 spiro atoms. The molecular weight excluding hydrogens is 378 g/mol. The van der Waals surface area contributed by atoms with Crippen LogP contribution in [0.25, 0.3) is 0 Å². The van der Waals surface area contributed by atoms with Crippen LogP contribution < -0.4 is 0 Å². The highest BCUT2D eigenvalue weighted by Crippen LogP contribution is 2.53. The summed E-state index contributed by atoms with van der Waals surface area (Å²) in [5.74, 6) is -0.0583. The lowest BCUT2D eigenvalue weighted by Crippen LogP contribution is -2.57. The van der Waals surface area contributed by atoms with Crippen molar-refractivity contribution in [2.24, 2.45) is 0 Å². The first kappa shape index (κ1) is 23.1. The minimum absolute atomic E-state index is 0.0583. The molecule has 1 aromatic rings. The Morgan fingerprint density at radius 2 is 1.37 bits per heavy atom. The van der Waals surface area contributed by atoms with E-state index < -0.39 is 35.3 Å². The van der Waals surface area contributed by atoms with Crippen LogP contribution in [0.4, 0.5) is 31.1 Å². The van der Waals surface area contributed by atoms with Crippen molar-refractivity contribution in [3.05, 3.63) is 35.4 Å². The Kier molecular flexibility index (Phi) is 6.50. The molecule has 0 heterocycles. The number of hydrogen-bond donors (Lipinski definition) is 0. The molecule has 1 rings (SSSR count). The zero-order valence-electron chi connectivity index (χ0n) is 15.6. The van der Waals surface area contributed by atoms with E-state index in [4.69, 9.17) is 0 Å². The fourth-order valence-electron chi connectivity index (χ4n) is 2.34. The Balaban J connectivity index is 3.52. The third-order valence-corrected chi connectivity index (χ3v) is 3.92. The predicted molar refractivity (Wildman–Crippen MR) is 86.3 cm³/mol. The van der Waals surface area contributed by atoms with Crippen LogP contribution >= 0.6 is 0 Å². The van der Waals surface area contributed by atoms with Gasteiger partial charge in [-0.05, 0) is 38.7 Å². The van der Waals surface area contributed by atoms with Crippen molar-refractivity contribution in [3.8, 4) is 0 Å². The topological polar surface area (TPSA) is 35.5 Å². The Hall–Kier alpha value is -1.93. The molecule has 0 aliphatic heterocycles. The lowest BCUT2D eigenvalue weighted by Gasteiger charge is -2.37. The maximum absolute atomic E-state index is 13.6. The molecule has 0 aromatic heterocycles. The highest BCUT2D eigenvalue weighted by Gasteiger charge is 2.75. The average molecular weight is 400 g/mol. The molecule has 0 saturated carbocycles. The molecule has 0 N–H and O–H groups in total. The van der Waals surface area contributed by atoms with Crippen LogP contribution in [0.3, 0.4) is 0 Å². The molecule has 0 bridgehead atoms. The smallest absolute Gasteiger partial charge is 0.429 e. The largest absolute Gasteiger partial charge is 0.510 e. The zero-order chi connectivity index (χ0) is 21.3. The summed E-state index contributed by atoms with van der Waals surface area (Å²) >= 11 is 0. The second kappa shape index (κ2) is 7.59. The van der Waals surface area contributed by atoms with Gasteiger partial charge in [-0.15, -0.1) is 0 Å². The van der Waals surface area contributed by atoms with Gasteiger partial charge in [0.1, 0.15) is 5.60 Å². The van der Waals surface area contributed by atoms with E-state index in [1.807, 2.05) is 6.92 Å². The summed E-state index contributed by atoms with van der Waals surface area (Å²) < 4.78 is 90.2. The molecule has 1 aromatic carbocycles. The summed E-state index contributed by atoms with van der Waals surface area (Å²) in [4.78, 5) is 11.7. The molecule has 3 nitrogen and oxygen atoms in total. The van der Waals surface area contributed by atoms with Gasteiger partial charge in [-0.25, -0.2) is 4.79 Å². The Morgan fingerprint density at radius 3 is 1.70 bits per heavy atom. The summed E-state index contributed by atoms with van der Waals surface area (Å²) in [5, 5.41) is 0. The highest BCUT2D eigenvalue weighted by atomic mass is 19.4. The van der Waals surface area contributed by atoms with Crippen LogP contribution in [0.5, 0.6) is 0 Å². The van der Waals surface area contributed by atoms with Crippen LogP contribution in [-0.4, -0.2) is 24.1 Å². The molecular formula is C18H22F6O3. The van der Waals surface area contributed by atoms with Gasteiger partial charge < -0.3 is 9.47 Å². The van der Waals surface area contributed by atoms with Gasteiger partial charge in [0.2, 0.25) is 0 Å². The number of ether oxygens (including phenoxy) is 2. The van der Waals surface area contributed by atoms with Crippen LogP contribution in [0, 0.1) is 0 Å². The normalized spacial score (nSPS) is 14.6. The van der Waals surface area contributed by atoms with Gasteiger partial charge >= 0.3 is 24.1 Å². The SMILES string of the molecule is CCC(C)c1ccc(C(OC(=O)OC(C)(C)C)(C(F)(F)F)C(F)(F)F)cc1. The number of alkyl halides is 6. The van der Waals surface area contributed by atoms with Gasteiger partial charge in [0.05, 0.1) is 0 Å². The molecule has 0 aliphatic rings. The third kappa shape index (κ3) is 5.07. The molecule has 9 heteroatoms. The summed E-state index contributed by atoms with van der Waals surface area (Å²) in [5.41, 5.74) is -6.85. The van der Waals surface area contributed by atoms with Crippen molar-refractivity contribution >= 4 is 6.16 Å². The van der Waals surface area contributed by atoms with E-state index in [1.54, 1.807) is 6.92 Å². The molecule has 0 fully saturated rings. The standard InChI is InChI=1S/C18H22F6O3/c1-6-11(2)12-7-9-13(10-8-12)16(17(19,20)21,18(22,23)24)27-14(25)26-15(3,4)5/h7-11H,6H2,1-5H3. The van der Waals surface area contributed by atoms with Crippen LogP contribution in [0.15, 0.2) is 24.3 Å². The third-order valence-electron chi connectivity index (χ3n) is 3.92. The van der Waals surface area contributed by atoms with E-state index >= 15 is 0 Å². The van der Waals surface area contributed by atoms with E-state index in [2.05, 4.69) is 9.47 Å². The van der Waals surface area contributed by atoms with Crippen LogP contribution in [0.1, 0.15) is 58.1 Å². The Bertz CT molecular complexity index is 627. The van der Waals surface area contributed by atoms with Crippen LogP contribution in [0.2, 0.25) is 0 Å². The number of hydrogen-bond acceptors (Lipinski definition) is 3. The van der Waals surface area contributed by atoms with E-state index in [9.17, 15) is 31.1 Å². The summed E-state index contributed by atoms with van der Waals surface area (Å²) in [7, 11) is 0. The lowest BCUT2D eigenvalue weighted by atomic mass is 9.89. The fraction of sp³-hybridized carbons (Fsp3) is 0.611. The van der Waals surface area contributed by atoms with Gasteiger partial charge in [-0.1, -0.05) is 38.1 Å². The summed E-state index contributed by atoms with van der Waals surface area (Å²) in [6.07, 6.45) is -13.3. The minimum Gasteiger partial charge on any atom is -0.429 e. The molecule has 0 saturated heterocycles. The van der Waals surface area contributed by atoms with Gasteiger partial charge in [-0.3, -0.25) is 0 Å². The van der Waals surface area contributed by atoms with Crippen molar-refractivity contribution in [2.45, 2.75) is 70.5 Å². The van der Waals surface area contributed by atoms with Gasteiger partial charge in [0.25, 0.3) is 0 Å². The van der Waals surface area contributed by atoms with Crippen molar-refractivity contribution < 1.29 is 40.6 Å². The highest BCUT2D eigenvalue weighted by molar-refractivity contribution is 5.62. The van der Waals surface area contributed by atoms with Gasteiger partial charge in [-0.2, -0.15) is 26.3 Å². The van der Waals surface area contributed by atoms with E-state index in [1.165, 1.54) is 20.8 Å². The zero-order valence-corrected chi connectivity index (χ0v) is 15.6. The maximum Gasteiger partial charge on any atom is 0.510 e. The molecule has 0 aliphatic carbocycles. The quantitative estimate of drug-likeness (QED) is 0.429. The second-order valence-electron chi connectivity index (χ2n) is 7.17. The van der Waals surface area contributed by atoms with Crippen molar-refractivity contribution in [1.82, 2.24) is 0 Å². The first-order chi connectivity index (χ1) is 12.0. The number of rotatable bonds is 4. The fourth-order valence-corrected chi connectivity index (χ4v) is 2.34. The van der Waals surface area contributed by atoms with Crippen molar-refractivity contribution in [3.63, 3.8) is 0 Å². The Labute approximate surface area is 153 Å². The molecule has 1 atom stereocenters. The second-order valence-corrected chi connectivity index (χ2v) is 7.17. The van der Waals surface area contributed by atoms with Crippen molar-refractivity contribution in [2.75, 3.05) is 0 Å². The molecule has 154 valence electrons. The van der Waals surface area contributed by atoms with Gasteiger partial charge in [0, 0.05) is 5.56 Å². The number of benzene rings is 1. The lowest BCUT2D eigenvalue weighted by molar-refractivity contribution is -0.377. The number of carbonyl (C=O) groups excluding carboxylic acids is 1. The first-order valence-electron chi connectivity index (χ1n) is 8.21. The predicted octanol–water partition coefficient (Wildman–Crippen LogP) is 6.47. The minimum atomic E-state index is -5.96. The summed E-state index contributed by atoms with van der Waals surface area (Å²) in [6, 6.07) is 3.67. The summed E-state index contributed by atoms with van der Waals surface area (Å²) in [6.45, 7) is 7.49. The molecule has 1 unspecified atom stereocenters. The number of halogens is 6. The van der Waals surface area contributed by atoms with Crippen LogP contribution in [-0.2, 0) is 15.1 Å². The molecule has 0 radical (unpaired) electrons. The number of carbonyl (C=O) groups is 1. The molecule has 0 amide bonds. The average Bonchev–Trinajstić information content (AvgIpc) is 2.48.